The van der Waals surface area contributed by atoms with Crippen LogP contribution in [-0.4, -0.2) is 36.6 Å². The van der Waals surface area contributed by atoms with E-state index < -0.39 is 0 Å². The van der Waals surface area contributed by atoms with Crippen LogP contribution in [0.2, 0.25) is 0 Å². The molecule has 2 heterocycles. The molecule has 2 rings (SSSR count). The maximum atomic E-state index is 11.1. The number of nitrogen functional groups attached to an aromatic ring is 1. The average Bonchev–Trinajstić information content (AvgIpc) is 2.47. The van der Waals surface area contributed by atoms with E-state index in [4.69, 9.17) is 10.5 Å². The van der Waals surface area contributed by atoms with E-state index in [0.29, 0.717) is 18.2 Å². The lowest BCUT2D eigenvalue weighted by molar-refractivity contribution is -0.119. The van der Waals surface area contributed by atoms with Crippen LogP contribution < -0.4 is 20.7 Å². The number of rotatable bonds is 5. The Morgan fingerprint density at radius 2 is 2.19 bits per heavy atom. The van der Waals surface area contributed by atoms with Crippen molar-refractivity contribution < 1.29 is 9.53 Å². The molecule has 3 N–H and O–H groups in total. The molecule has 0 atom stereocenters. The van der Waals surface area contributed by atoms with E-state index in [1.165, 1.54) is 0 Å². The van der Waals surface area contributed by atoms with Crippen molar-refractivity contribution in [3.63, 3.8) is 0 Å². The molecule has 1 aliphatic rings. The van der Waals surface area contributed by atoms with Gasteiger partial charge in [0, 0.05) is 26.1 Å². The van der Waals surface area contributed by atoms with Gasteiger partial charge in [0.2, 0.25) is 11.8 Å². The first-order valence-electron chi connectivity index (χ1n) is 7.51. The third-order valence-corrected chi connectivity index (χ3v) is 3.54. The number of pyridine rings is 1. The van der Waals surface area contributed by atoms with Gasteiger partial charge in [0.15, 0.2) is 0 Å². The number of hydrogen-bond donors (Lipinski definition) is 2. The quantitative estimate of drug-likeness (QED) is 0.861. The van der Waals surface area contributed by atoms with Crippen molar-refractivity contribution in [3.05, 3.63) is 12.1 Å². The molecule has 0 spiro atoms. The highest BCUT2D eigenvalue weighted by molar-refractivity contribution is 5.73. The number of aromatic nitrogens is 1. The van der Waals surface area contributed by atoms with Gasteiger partial charge >= 0.3 is 0 Å². The van der Waals surface area contributed by atoms with Crippen LogP contribution in [0.4, 0.5) is 11.5 Å². The second kappa shape index (κ2) is 7.15. The molecule has 1 aromatic rings. The minimum absolute atomic E-state index is 0.0364. The average molecular weight is 292 g/mol. The Kier molecular flexibility index (Phi) is 5.25. The summed E-state index contributed by atoms with van der Waals surface area (Å²) in [6.45, 7) is 5.97. The molecule has 21 heavy (non-hydrogen) atoms. The maximum Gasteiger partial charge on any atom is 0.239 e. The Morgan fingerprint density at radius 3 is 2.81 bits per heavy atom. The normalized spacial score (nSPS) is 15.8. The topological polar surface area (TPSA) is 80.5 Å². The van der Waals surface area contributed by atoms with Gasteiger partial charge in [-0.25, -0.2) is 0 Å². The lowest BCUT2D eigenvalue weighted by Gasteiger charge is -2.33. The van der Waals surface area contributed by atoms with E-state index in [1.54, 1.807) is 6.92 Å². The number of amides is 1. The molecular formula is C15H24N4O2. The molecular weight excluding hydrogens is 268 g/mol. The van der Waals surface area contributed by atoms with Crippen molar-refractivity contribution >= 4 is 17.4 Å². The number of ether oxygens (including phenoxy) is 1. The van der Waals surface area contributed by atoms with Crippen molar-refractivity contribution in [1.29, 1.82) is 0 Å². The predicted molar refractivity (Wildman–Crippen MR) is 83.5 cm³/mol. The first kappa shape index (κ1) is 15.4. The van der Waals surface area contributed by atoms with Gasteiger partial charge in [0.05, 0.1) is 12.3 Å². The Morgan fingerprint density at radius 1 is 1.48 bits per heavy atom. The first-order valence-corrected chi connectivity index (χ1v) is 7.51. The largest absolute Gasteiger partial charge is 0.476 e. The second-order valence-electron chi connectivity index (χ2n) is 5.37. The highest BCUT2D eigenvalue weighted by Gasteiger charge is 2.21. The molecule has 0 aliphatic carbocycles. The smallest absolute Gasteiger partial charge is 0.239 e. The van der Waals surface area contributed by atoms with Gasteiger partial charge in [-0.1, -0.05) is 6.92 Å². The summed E-state index contributed by atoms with van der Waals surface area (Å²) in [6, 6.07) is 4.03. The summed E-state index contributed by atoms with van der Waals surface area (Å²) in [7, 11) is 0. The van der Waals surface area contributed by atoms with E-state index in [0.717, 1.165) is 38.2 Å². The van der Waals surface area contributed by atoms with Crippen molar-refractivity contribution in [2.45, 2.75) is 39.2 Å². The highest BCUT2D eigenvalue weighted by atomic mass is 16.5. The summed E-state index contributed by atoms with van der Waals surface area (Å²) in [4.78, 5) is 17.8. The predicted octanol–water partition coefficient (Wildman–Crippen LogP) is 1.56. The summed E-state index contributed by atoms with van der Waals surface area (Å²) >= 11 is 0. The minimum atomic E-state index is 0.0364. The summed E-state index contributed by atoms with van der Waals surface area (Å²) in [5.41, 5.74) is 6.45. The molecule has 6 nitrogen and oxygen atoms in total. The highest BCUT2D eigenvalue weighted by Crippen LogP contribution is 2.25. The zero-order valence-electron chi connectivity index (χ0n) is 12.8. The number of carbonyl (C=O) groups is 1. The summed E-state index contributed by atoms with van der Waals surface area (Å²) in [5, 5.41) is 2.97. The Hall–Kier alpha value is -1.98. The lowest BCUT2D eigenvalue weighted by atomic mass is 10.1. The second-order valence-corrected chi connectivity index (χ2v) is 5.37. The summed E-state index contributed by atoms with van der Waals surface area (Å²) in [5.74, 6) is 1.43. The van der Waals surface area contributed by atoms with Crippen LogP contribution in [0.1, 0.15) is 33.1 Å². The van der Waals surface area contributed by atoms with E-state index in [2.05, 4.69) is 15.2 Å². The molecule has 0 radical (unpaired) electrons. The van der Waals surface area contributed by atoms with Crippen molar-refractivity contribution in [2.24, 2.45) is 0 Å². The van der Waals surface area contributed by atoms with Crippen LogP contribution in [0.15, 0.2) is 12.1 Å². The molecule has 1 saturated heterocycles. The molecule has 1 fully saturated rings. The van der Waals surface area contributed by atoms with Crippen LogP contribution in [-0.2, 0) is 4.79 Å². The van der Waals surface area contributed by atoms with Crippen LogP contribution in [0.3, 0.4) is 0 Å². The molecule has 6 heteroatoms. The van der Waals surface area contributed by atoms with Gasteiger partial charge in [-0.2, -0.15) is 4.98 Å². The zero-order valence-corrected chi connectivity index (χ0v) is 12.8. The van der Waals surface area contributed by atoms with E-state index in [9.17, 15) is 4.79 Å². The van der Waals surface area contributed by atoms with Crippen LogP contribution >= 0.6 is 0 Å². The van der Waals surface area contributed by atoms with Crippen LogP contribution in [0.25, 0.3) is 0 Å². The van der Waals surface area contributed by atoms with E-state index in [-0.39, 0.29) is 11.9 Å². The van der Waals surface area contributed by atoms with Crippen molar-refractivity contribution in [2.75, 3.05) is 30.3 Å². The van der Waals surface area contributed by atoms with E-state index in [1.807, 2.05) is 19.1 Å². The number of anilines is 2. The summed E-state index contributed by atoms with van der Waals surface area (Å²) in [6.07, 6.45) is 2.78. The van der Waals surface area contributed by atoms with Crippen molar-refractivity contribution in [3.8, 4) is 5.88 Å². The van der Waals surface area contributed by atoms with Gasteiger partial charge < -0.3 is 20.7 Å². The van der Waals surface area contributed by atoms with Crippen molar-refractivity contribution in [1.82, 2.24) is 10.3 Å². The minimum Gasteiger partial charge on any atom is -0.476 e. The number of carbonyl (C=O) groups excluding carboxylic acids is 1. The molecule has 1 aliphatic heterocycles. The molecule has 0 aromatic carbocycles. The molecule has 0 bridgehead atoms. The monoisotopic (exact) mass is 292 g/mol. The van der Waals surface area contributed by atoms with Gasteiger partial charge in [-0.05, 0) is 31.4 Å². The van der Waals surface area contributed by atoms with Crippen LogP contribution in [0, 0.1) is 0 Å². The molecule has 1 aromatic heterocycles. The number of nitrogens with one attached hydrogen (secondary N) is 1. The number of hydrogen-bond acceptors (Lipinski definition) is 5. The summed E-state index contributed by atoms with van der Waals surface area (Å²) < 4.78 is 5.57. The maximum absolute atomic E-state index is 11.1. The standard InChI is InChI=1S/C15H24N4O2/c1-3-10-21-15-13(16)4-5-14(18-15)19-8-6-12(7-9-19)17-11(2)20/h4-5,12H,3,6-10,16H2,1-2H3,(H,17,20). The fraction of sp³-hybridized carbons (Fsp3) is 0.600. The first-order chi connectivity index (χ1) is 10.1. The third-order valence-electron chi connectivity index (χ3n) is 3.54. The zero-order chi connectivity index (χ0) is 15.2. The van der Waals surface area contributed by atoms with Crippen LogP contribution in [0.5, 0.6) is 5.88 Å². The Labute approximate surface area is 125 Å². The molecule has 0 saturated carbocycles. The molecule has 0 unspecified atom stereocenters. The third kappa shape index (κ3) is 4.24. The van der Waals surface area contributed by atoms with Gasteiger partial charge in [-0.3, -0.25) is 4.79 Å². The molecule has 1 amide bonds. The lowest BCUT2D eigenvalue weighted by Crippen LogP contribution is -2.44. The Balaban J connectivity index is 1.98. The number of nitrogens with zero attached hydrogens (tertiary/aromatic N) is 2. The fourth-order valence-electron chi connectivity index (χ4n) is 2.47. The number of piperidine rings is 1. The van der Waals surface area contributed by atoms with Gasteiger partial charge in [0.25, 0.3) is 0 Å². The Bertz CT molecular complexity index is 485. The fourth-order valence-corrected chi connectivity index (χ4v) is 2.47. The van der Waals surface area contributed by atoms with E-state index >= 15 is 0 Å². The number of nitrogens with two attached hydrogens (primary N) is 1. The molecule has 116 valence electrons. The SMILES string of the molecule is CCCOc1nc(N2CCC(NC(C)=O)CC2)ccc1N. The van der Waals surface area contributed by atoms with Gasteiger partial charge in [0.1, 0.15) is 5.82 Å². The van der Waals surface area contributed by atoms with Gasteiger partial charge in [-0.15, -0.1) is 0 Å².